The smallest absolute Gasteiger partial charge is 0.338 e. The van der Waals surface area contributed by atoms with Gasteiger partial charge in [-0.3, -0.25) is 5.21 Å². The number of oxazole rings is 1. The molecule has 0 saturated heterocycles. The lowest BCUT2D eigenvalue weighted by molar-refractivity contribution is -0.0478. The Morgan fingerprint density at radius 1 is 1.09 bits per heavy atom. The van der Waals surface area contributed by atoms with Gasteiger partial charge in [0, 0.05) is 22.4 Å². The lowest BCUT2D eigenvalue weighted by atomic mass is 10.1. The zero-order chi connectivity index (χ0) is 23.8. The number of amides is 2. The van der Waals surface area contributed by atoms with Crippen molar-refractivity contribution in [3.63, 3.8) is 0 Å². The quantitative estimate of drug-likeness (QED) is 0.274. The Morgan fingerprint density at radius 2 is 1.73 bits per heavy atom. The molecular weight excluding hydrogens is 472 g/mol. The molecule has 0 saturated carbocycles. The zero-order valence-electron chi connectivity index (χ0n) is 17.1. The number of carbonyl (C=O) groups excluding carboxylic acids is 1. The van der Waals surface area contributed by atoms with Crippen molar-refractivity contribution in [2.75, 3.05) is 6.26 Å². The third-order valence-electron chi connectivity index (χ3n) is 4.67. The number of halogens is 1. The number of carbonyl (C=O) groups is 1. The molecule has 4 rings (SSSR count). The van der Waals surface area contributed by atoms with E-state index >= 15 is 0 Å². The number of sulfone groups is 1. The first-order valence-corrected chi connectivity index (χ1v) is 11.6. The van der Waals surface area contributed by atoms with Crippen LogP contribution in [0, 0.1) is 0 Å². The summed E-state index contributed by atoms with van der Waals surface area (Å²) in [5, 5.41) is 20.8. The van der Waals surface area contributed by atoms with Crippen LogP contribution >= 0.6 is 11.6 Å². The van der Waals surface area contributed by atoms with E-state index < -0.39 is 15.9 Å². The van der Waals surface area contributed by atoms with Crippen molar-refractivity contribution in [1.82, 2.24) is 25.5 Å². The number of hydrogen-bond acceptors (Lipinski definition) is 8. The number of primary amides is 1. The van der Waals surface area contributed by atoms with Crippen LogP contribution in [0.25, 0.3) is 34.2 Å². The number of aromatic nitrogens is 4. The van der Waals surface area contributed by atoms with E-state index in [1.54, 1.807) is 36.4 Å². The molecule has 2 amide bonds. The summed E-state index contributed by atoms with van der Waals surface area (Å²) in [6, 6.07) is 12.0. The Morgan fingerprint density at radius 3 is 2.33 bits per heavy atom. The van der Waals surface area contributed by atoms with Gasteiger partial charge in [-0.05, 0) is 36.4 Å². The second-order valence-electron chi connectivity index (χ2n) is 7.01. The second kappa shape index (κ2) is 8.65. The van der Waals surface area contributed by atoms with Crippen LogP contribution in [-0.4, -0.2) is 51.4 Å². The van der Waals surface area contributed by atoms with Crippen molar-refractivity contribution in [3.8, 4) is 34.2 Å². The van der Waals surface area contributed by atoms with Crippen LogP contribution < -0.4 is 5.73 Å². The molecular formula is C20H17ClN6O5S. The van der Waals surface area contributed by atoms with Crippen molar-refractivity contribution >= 4 is 27.5 Å². The molecule has 4 N–H and O–H groups in total. The minimum absolute atomic E-state index is 0.0590. The molecule has 0 aliphatic heterocycles. The van der Waals surface area contributed by atoms with E-state index in [-0.39, 0.29) is 33.8 Å². The van der Waals surface area contributed by atoms with Crippen molar-refractivity contribution in [3.05, 3.63) is 59.2 Å². The minimum atomic E-state index is -3.37. The van der Waals surface area contributed by atoms with E-state index in [4.69, 9.17) is 21.8 Å². The topological polar surface area (TPSA) is 168 Å². The molecule has 33 heavy (non-hydrogen) atoms. The van der Waals surface area contributed by atoms with Gasteiger partial charge in [-0.2, -0.15) is 15.4 Å². The largest absolute Gasteiger partial charge is 0.434 e. The lowest BCUT2D eigenvalue weighted by Gasteiger charge is -2.09. The fraction of sp³-hybridized carbons (Fsp3) is 0.100. The van der Waals surface area contributed by atoms with E-state index in [1.165, 1.54) is 12.1 Å². The van der Waals surface area contributed by atoms with Gasteiger partial charge in [-0.25, -0.2) is 23.3 Å². The SMILES string of the molecule is CS(=O)(=O)c1ccc(-c2oc(-c3n[nH]nc3CN(O)C(N)=O)nc2-c2ccc(Cl)cc2)cc1. The fourth-order valence-electron chi connectivity index (χ4n) is 3.03. The number of rotatable bonds is 6. The molecule has 2 heterocycles. The molecule has 170 valence electrons. The number of aromatic amines is 1. The standard InChI is InChI=1S/C20H17ClN6O5S/c1-33(30,31)14-8-4-12(5-9-14)18-16(11-2-6-13(21)7-3-11)23-19(32-18)17-15(24-26-25-17)10-27(29)20(22)28/h2-9,29H,10H2,1H3,(H2,22,28)(H,24,25,26). The summed E-state index contributed by atoms with van der Waals surface area (Å²) < 4.78 is 29.6. The van der Waals surface area contributed by atoms with Gasteiger partial charge in [-0.1, -0.05) is 23.7 Å². The van der Waals surface area contributed by atoms with E-state index in [0.717, 1.165) is 6.26 Å². The fourth-order valence-corrected chi connectivity index (χ4v) is 3.78. The summed E-state index contributed by atoms with van der Waals surface area (Å²) in [5.74, 6) is 0.404. The molecule has 2 aromatic carbocycles. The average molecular weight is 489 g/mol. The van der Waals surface area contributed by atoms with Crippen LogP contribution in [0.1, 0.15) is 5.69 Å². The van der Waals surface area contributed by atoms with Gasteiger partial charge in [0.05, 0.1) is 11.4 Å². The third kappa shape index (κ3) is 4.72. The van der Waals surface area contributed by atoms with Gasteiger partial charge in [-0.15, -0.1) is 0 Å². The summed E-state index contributed by atoms with van der Waals surface area (Å²) in [5.41, 5.74) is 7.08. The van der Waals surface area contributed by atoms with Crippen LogP contribution in [0.3, 0.4) is 0 Å². The van der Waals surface area contributed by atoms with Gasteiger partial charge in [0.1, 0.15) is 11.4 Å². The van der Waals surface area contributed by atoms with Crippen LogP contribution in [0.5, 0.6) is 0 Å². The summed E-state index contributed by atoms with van der Waals surface area (Å²) in [7, 11) is -3.37. The highest BCUT2D eigenvalue weighted by atomic mass is 35.5. The number of benzene rings is 2. The monoisotopic (exact) mass is 488 g/mol. The van der Waals surface area contributed by atoms with Gasteiger partial charge in [0.15, 0.2) is 21.3 Å². The van der Waals surface area contributed by atoms with Crippen molar-refractivity contribution < 1.29 is 22.8 Å². The number of urea groups is 1. The Kier molecular flexibility index (Phi) is 5.89. The number of hydroxylamine groups is 2. The number of hydrogen-bond donors (Lipinski definition) is 3. The maximum atomic E-state index is 11.8. The van der Waals surface area contributed by atoms with Crippen LogP contribution in [0.15, 0.2) is 57.8 Å². The van der Waals surface area contributed by atoms with Crippen molar-refractivity contribution in [2.24, 2.45) is 5.73 Å². The number of H-pyrrole nitrogens is 1. The molecule has 0 fully saturated rings. The zero-order valence-corrected chi connectivity index (χ0v) is 18.6. The van der Waals surface area contributed by atoms with E-state index in [2.05, 4.69) is 20.4 Å². The normalized spacial score (nSPS) is 11.5. The average Bonchev–Trinajstić information content (AvgIpc) is 3.40. The van der Waals surface area contributed by atoms with Gasteiger partial charge in [0.25, 0.3) is 0 Å². The first kappa shape index (κ1) is 22.5. The number of nitrogens with one attached hydrogen (secondary N) is 1. The predicted molar refractivity (Wildman–Crippen MR) is 118 cm³/mol. The highest BCUT2D eigenvalue weighted by Crippen LogP contribution is 2.36. The highest BCUT2D eigenvalue weighted by Gasteiger charge is 2.24. The van der Waals surface area contributed by atoms with Crippen molar-refractivity contribution in [1.29, 1.82) is 0 Å². The summed E-state index contributed by atoms with van der Waals surface area (Å²) in [6.45, 7) is -0.349. The summed E-state index contributed by atoms with van der Waals surface area (Å²) >= 11 is 6.01. The highest BCUT2D eigenvalue weighted by molar-refractivity contribution is 7.90. The molecule has 13 heteroatoms. The lowest BCUT2D eigenvalue weighted by Crippen LogP contribution is -2.32. The Hall–Kier alpha value is -3.74. The molecule has 4 aromatic rings. The molecule has 0 unspecified atom stereocenters. The molecule has 0 bridgehead atoms. The first-order valence-electron chi connectivity index (χ1n) is 9.36. The molecule has 0 spiro atoms. The molecule has 2 aromatic heterocycles. The van der Waals surface area contributed by atoms with Gasteiger partial charge in [0.2, 0.25) is 5.89 Å². The Bertz CT molecular complexity index is 1410. The molecule has 0 aliphatic carbocycles. The molecule has 0 atom stereocenters. The van der Waals surface area contributed by atoms with Gasteiger partial charge < -0.3 is 10.2 Å². The van der Waals surface area contributed by atoms with Crippen LogP contribution in [0.4, 0.5) is 4.79 Å². The molecule has 0 aliphatic rings. The van der Waals surface area contributed by atoms with Gasteiger partial charge >= 0.3 is 6.03 Å². The number of nitrogens with zero attached hydrogens (tertiary/aromatic N) is 4. The number of nitrogens with two attached hydrogens (primary N) is 1. The predicted octanol–water partition coefficient (Wildman–Crippen LogP) is 3.12. The van der Waals surface area contributed by atoms with Crippen LogP contribution in [-0.2, 0) is 16.4 Å². The minimum Gasteiger partial charge on any atom is -0.434 e. The Labute approximate surface area is 192 Å². The second-order valence-corrected chi connectivity index (χ2v) is 9.47. The third-order valence-corrected chi connectivity index (χ3v) is 6.05. The molecule has 11 nitrogen and oxygen atoms in total. The maximum Gasteiger partial charge on any atom is 0.338 e. The van der Waals surface area contributed by atoms with E-state index in [9.17, 15) is 18.4 Å². The van der Waals surface area contributed by atoms with E-state index in [0.29, 0.717) is 27.6 Å². The van der Waals surface area contributed by atoms with E-state index in [1.807, 2.05) is 0 Å². The maximum absolute atomic E-state index is 11.8. The first-order chi connectivity index (χ1) is 15.6. The Balaban J connectivity index is 1.83. The van der Waals surface area contributed by atoms with Crippen LogP contribution in [0.2, 0.25) is 5.02 Å². The molecule has 0 radical (unpaired) electrons. The summed E-state index contributed by atoms with van der Waals surface area (Å²) in [6.07, 6.45) is 1.12. The summed E-state index contributed by atoms with van der Waals surface area (Å²) in [4.78, 5) is 15.9. The van der Waals surface area contributed by atoms with Crippen molar-refractivity contribution in [2.45, 2.75) is 11.4 Å².